The fourth-order valence-corrected chi connectivity index (χ4v) is 5.85. The molecule has 0 radical (unpaired) electrons. The molecule has 48 heavy (non-hydrogen) atoms. The number of nitrogens with one attached hydrogen (secondary N) is 3. The number of benzene rings is 3. The largest absolute Gasteiger partial charge is 0.490 e. The summed E-state index contributed by atoms with van der Waals surface area (Å²) >= 11 is 6.09. The number of hydrogen-bond acceptors (Lipinski definition) is 6. The predicted octanol–water partition coefficient (Wildman–Crippen LogP) is 5.30. The molecular weight excluding hydrogens is 653 g/mol. The van der Waals surface area contributed by atoms with Crippen LogP contribution in [0.3, 0.4) is 0 Å². The highest BCUT2D eigenvalue weighted by molar-refractivity contribution is 6.30. The summed E-state index contributed by atoms with van der Waals surface area (Å²) in [7, 11) is 1.34. The van der Waals surface area contributed by atoms with Gasteiger partial charge in [0.2, 0.25) is 11.8 Å². The fourth-order valence-electron chi connectivity index (χ4n) is 5.73. The number of nitrogens with zero attached hydrogens (tertiary/aromatic N) is 1. The Balaban J connectivity index is 0.000000671. The molecular formula is C34H36ClF3N4O6. The van der Waals surface area contributed by atoms with E-state index >= 15 is 0 Å². The lowest BCUT2D eigenvalue weighted by Gasteiger charge is -2.35. The van der Waals surface area contributed by atoms with Crippen LogP contribution in [0.2, 0.25) is 5.02 Å². The lowest BCUT2D eigenvalue weighted by Crippen LogP contribution is -2.56. The Morgan fingerprint density at radius 3 is 2.21 bits per heavy atom. The van der Waals surface area contributed by atoms with Crippen molar-refractivity contribution in [3.8, 4) is 0 Å². The number of aliphatic carboxylic acids is 1. The minimum absolute atomic E-state index is 0.0936. The molecule has 0 aliphatic carbocycles. The van der Waals surface area contributed by atoms with Gasteiger partial charge in [-0.25, -0.2) is 9.59 Å². The maximum absolute atomic E-state index is 13.9. The number of piperidine rings is 1. The third kappa shape index (κ3) is 9.94. The maximum Gasteiger partial charge on any atom is 0.490 e. The van der Waals surface area contributed by atoms with Gasteiger partial charge in [-0.3, -0.25) is 14.9 Å². The highest BCUT2D eigenvalue weighted by Crippen LogP contribution is 2.33. The molecule has 0 bridgehead atoms. The molecule has 0 aromatic heterocycles. The number of carbonyl (C=O) groups excluding carboxylic acids is 3. The first-order valence-corrected chi connectivity index (χ1v) is 15.6. The van der Waals surface area contributed by atoms with Crippen LogP contribution in [0.4, 0.5) is 23.7 Å². The minimum Gasteiger partial charge on any atom is -0.475 e. The van der Waals surface area contributed by atoms with Crippen LogP contribution in [-0.4, -0.2) is 72.3 Å². The number of halogens is 4. The number of hydrogen-bond donors (Lipinski definition) is 4. The molecule has 2 atom stereocenters. The Morgan fingerprint density at radius 2 is 1.58 bits per heavy atom. The number of ether oxygens (including phenoxy) is 1. The molecule has 0 saturated carbocycles. The summed E-state index contributed by atoms with van der Waals surface area (Å²) in [6.07, 6.45) is -3.16. The normalized spacial score (nSPS) is 16.8. The molecule has 5 rings (SSSR count). The zero-order valence-electron chi connectivity index (χ0n) is 26.1. The molecule has 3 amide bonds. The quantitative estimate of drug-likeness (QED) is 0.265. The van der Waals surface area contributed by atoms with E-state index in [2.05, 4.69) is 28.1 Å². The topological polar surface area (TPSA) is 137 Å². The summed E-state index contributed by atoms with van der Waals surface area (Å²) in [5.74, 6) is -2.84. The van der Waals surface area contributed by atoms with Gasteiger partial charge in [0.25, 0.3) is 0 Å². The average Bonchev–Trinajstić information content (AvgIpc) is 3.08. The van der Waals surface area contributed by atoms with E-state index in [1.807, 2.05) is 53.4 Å². The van der Waals surface area contributed by atoms with Crippen LogP contribution in [-0.2, 0) is 38.5 Å². The first-order valence-electron chi connectivity index (χ1n) is 15.2. The zero-order chi connectivity index (χ0) is 34.8. The van der Waals surface area contributed by atoms with Crippen molar-refractivity contribution in [2.45, 2.75) is 56.4 Å². The van der Waals surface area contributed by atoms with Crippen LogP contribution in [0, 0.1) is 0 Å². The second-order valence-electron chi connectivity index (χ2n) is 11.4. The number of carbonyl (C=O) groups is 4. The van der Waals surface area contributed by atoms with Crippen molar-refractivity contribution in [1.82, 2.24) is 15.5 Å². The lowest BCUT2D eigenvalue weighted by molar-refractivity contribution is -0.192. The number of alkyl halides is 3. The number of anilines is 1. The molecule has 256 valence electrons. The third-order valence-corrected chi connectivity index (χ3v) is 8.49. The fraction of sp³-hybridized carbons (Fsp3) is 0.353. The van der Waals surface area contributed by atoms with E-state index in [1.165, 1.54) is 12.7 Å². The van der Waals surface area contributed by atoms with Gasteiger partial charge in [-0.1, -0.05) is 66.2 Å². The molecule has 4 N–H and O–H groups in total. The van der Waals surface area contributed by atoms with E-state index in [0.717, 1.165) is 35.2 Å². The highest BCUT2D eigenvalue weighted by Gasteiger charge is 2.38. The molecule has 10 nitrogen and oxygen atoms in total. The predicted molar refractivity (Wildman–Crippen MR) is 173 cm³/mol. The number of methoxy groups -OCH3 is 1. The van der Waals surface area contributed by atoms with Crippen molar-refractivity contribution in [2.75, 3.05) is 25.5 Å². The number of fused-ring (bicyclic) bond motifs is 1. The Kier molecular flexibility index (Phi) is 12.4. The van der Waals surface area contributed by atoms with Gasteiger partial charge in [0, 0.05) is 36.8 Å². The average molecular weight is 689 g/mol. The SMILES string of the molecule is COC(=O)Nc1ccccc1C1CCN(C(=O)[C@@H](Cc2ccc(Cl)cc2)NC(=O)[C@@H]2Cc3ccccc3CN2)CC1.O=C(O)C(F)(F)F. The van der Waals surface area contributed by atoms with Crippen molar-refractivity contribution < 1.29 is 42.2 Å². The lowest BCUT2D eigenvalue weighted by atomic mass is 9.88. The van der Waals surface area contributed by atoms with Crippen molar-refractivity contribution in [3.63, 3.8) is 0 Å². The molecule has 3 aromatic rings. The van der Waals surface area contributed by atoms with Gasteiger partial charge in [0.1, 0.15) is 6.04 Å². The van der Waals surface area contributed by atoms with Gasteiger partial charge >= 0.3 is 18.2 Å². The van der Waals surface area contributed by atoms with Crippen LogP contribution >= 0.6 is 11.6 Å². The van der Waals surface area contributed by atoms with Crippen molar-refractivity contribution >= 4 is 41.2 Å². The number of rotatable bonds is 7. The summed E-state index contributed by atoms with van der Waals surface area (Å²) in [4.78, 5) is 49.9. The van der Waals surface area contributed by atoms with E-state index in [0.29, 0.717) is 37.5 Å². The van der Waals surface area contributed by atoms with E-state index in [-0.39, 0.29) is 17.7 Å². The van der Waals surface area contributed by atoms with Gasteiger partial charge in [-0.2, -0.15) is 13.2 Å². The Labute approximate surface area is 280 Å². The minimum atomic E-state index is -5.08. The molecule has 14 heteroatoms. The van der Waals surface area contributed by atoms with Gasteiger partial charge in [0.05, 0.1) is 13.2 Å². The van der Waals surface area contributed by atoms with Crippen molar-refractivity contribution in [3.05, 3.63) is 100 Å². The van der Waals surface area contributed by atoms with E-state index in [1.54, 1.807) is 12.1 Å². The van der Waals surface area contributed by atoms with Gasteiger partial charge in [0.15, 0.2) is 0 Å². The Bertz CT molecular complexity index is 1600. The summed E-state index contributed by atoms with van der Waals surface area (Å²) in [6, 6.07) is 22.1. The number of likely N-dealkylation sites (tertiary alicyclic amines) is 1. The Morgan fingerprint density at radius 1 is 0.979 bits per heavy atom. The smallest absolute Gasteiger partial charge is 0.475 e. The monoisotopic (exact) mass is 688 g/mol. The summed E-state index contributed by atoms with van der Waals surface area (Å²) in [5, 5.41) is 16.9. The van der Waals surface area contributed by atoms with Gasteiger partial charge in [-0.05, 0) is 65.6 Å². The van der Waals surface area contributed by atoms with Crippen molar-refractivity contribution in [1.29, 1.82) is 0 Å². The van der Waals surface area contributed by atoms with Crippen LogP contribution in [0.1, 0.15) is 41.0 Å². The summed E-state index contributed by atoms with van der Waals surface area (Å²) < 4.78 is 36.5. The third-order valence-electron chi connectivity index (χ3n) is 8.24. The molecule has 1 fully saturated rings. The molecule has 1 saturated heterocycles. The molecule has 2 heterocycles. The van der Waals surface area contributed by atoms with Crippen LogP contribution < -0.4 is 16.0 Å². The molecule has 2 aliphatic heterocycles. The molecule has 3 aromatic carbocycles. The van der Waals surface area contributed by atoms with Crippen molar-refractivity contribution in [2.24, 2.45) is 0 Å². The number of amides is 3. The standard InChI is InChI=1S/C32H35ClN4O4.C2HF3O2/c1-41-32(40)36-27-9-5-4-8-26(27)22-14-16-37(17-15-22)31(39)29(18-21-10-12-25(33)13-11-21)35-30(38)28-19-23-6-2-3-7-24(23)20-34-28;3-2(4,5)1(6)7/h2-13,22,28-29,34H,14-20H2,1H3,(H,35,38)(H,36,40);(H,6,7)/t28-,29+;/m0./s1. The molecule has 2 aliphatic rings. The van der Waals surface area contributed by atoms with E-state index in [4.69, 9.17) is 26.2 Å². The number of carboxylic acids is 1. The van der Waals surface area contributed by atoms with Gasteiger partial charge in [-0.15, -0.1) is 0 Å². The van der Waals surface area contributed by atoms with E-state index < -0.39 is 30.3 Å². The van der Waals surface area contributed by atoms with Crippen LogP contribution in [0.5, 0.6) is 0 Å². The second kappa shape index (κ2) is 16.5. The summed E-state index contributed by atoms with van der Waals surface area (Å²) in [5.41, 5.74) is 5.01. The zero-order valence-corrected chi connectivity index (χ0v) is 26.8. The Hall–Kier alpha value is -4.62. The number of carboxylic acid groups (broad SMARTS) is 1. The van der Waals surface area contributed by atoms with Gasteiger partial charge < -0.3 is 25.4 Å². The van der Waals surface area contributed by atoms with E-state index in [9.17, 15) is 27.6 Å². The molecule has 0 spiro atoms. The first-order chi connectivity index (χ1) is 22.8. The highest BCUT2D eigenvalue weighted by atomic mass is 35.5. The maximum atomic E-state index is 13.9. The van der Waals surface area contributed by atoms with Crippen LogP contribution in [0.25, 0.3) is 0 Å². The first kappa shape index (κ1) is 36.2. The molecule has 0 unspecified atom stereocenters. The van der Waals surface area contributed by atoms with Crippen LogP contribution in [0.15, 0.2) is 72.8 Å². The number of para-hydroxylation sites is 1. The second-order valence-corrected chi connectivity index (χ2v) is 11.8. The summed E-state index contributed by atoms with van der Waals surface area (Å²) in [6.45, 7) is 1.72.